The molecule has 2 nitrogen and oxygen atoms in total. The smallest absolute Gasteiger partial charge is 0.384 e. The molecule has 0 unspecified atom stereocenters. The van der Waals surface area contributed by atoms with Crippen LogP contribution in [0.15, 0.2) is 24.3 Å². The molecule has 1 aromatic carbocycles. The second-order valence-electron chi connectivity index (χ2n) is 4.84. The van der Waals surface area contributed by atoms with Crippen molar-refractivity contribution in [1.29, 1.82) is 0 Å². The second kappa shape index (κ2) is 6.28. The van der Waals surface area contributed by atoms with Crippen LogP contribution in [0.5, 0.6) is 0 Å². The number of hydrogen-bond donors (Lipinski definition) is 1. The number of rotatable bonds is 7. The average Bonchev–Trinajstić information content (AvgIpc) is 3.17. The summed E-state index contributed by atoms with van der Waals surface area (Å²) in [6.45, 7) is 1.87. The van der Waals surface area contributed by atoms with Gasteiger partial charge in [-0.15, -0.1) is 0 Å². The summed E-state index contributed by atoms with van der Waals surface area (Å²) in [4.78, 5) is 0. The Bertz CT molecular complexity index is 402. The number of para-hydroxylation sites is 1. The van der Waals surface area contributed by atoms with E-state index >= 15 is 0 Å². The van der Waals surface area contributed by atoms with Gasteiger partial charge in [-0.1, -0.05) is 12.1 Å². The van der Waals surface area contributed by atoms with Gasteiger partial charge >= 0.3 is 6.18 Å². The highest BCUT2D eigenvalue weighted by atomic mass is 19.4. The van der Waals surface area contributed by atoms with E-state index in [2.05, 4.69) is 5.32 Å². The molecule has 0 aliphatic heterocycles. The van der Waals surface area contributed by atoms with Crippen LogP contribution in [0.2, 0.25) is 0 Å². The topological polar surface area (TPSA) is 21.3 Å². The highest BCUT2D eigenvalue weighted by Gasteiger charge is 2.32. The van der Waals surface area contributed by atoms with Gasteiger partial charge in [0.1, 0.15) is 0 Å². The number of nitrogens with one attached hydrogen (secondary N) is 1. The third-order valence-corrected chi connectivity index (χ3v) is 3.06. The van der Waals surface area contributed by atoms with Gasteiger partial charge in [-0.2, -0.15) is 13.2 Å². The molecule has 19 heavy (non-hydrogen) atoms. The third kappa shape index (κ3) is 4.74. The van der Waals surface area contributed by atoms with Crippen molar-refractivity contribution in [1.82, 2.24) is 0 Å². The molecular weight excluding hydrogens is 255 g/mol. The normalized spacial score (nSPS) is 15.5. The number of hydrogen-bond acceptors (Lipinski definition) is 2. The zero-order chi connectivity index (χ0) is 13.7. The van der Waals surface area contributed by atoms with Gasteiger partial charge < -0.3 is 10.1 Å². The van der Waals surface area contributed by atoms with Gasteiger partial charge in [0.15, 0.2) is 0 Å². The number of anilines is 1. The molecule has 0 aromatic heterocycles. The molecule has 0 heterocycles. The van der Waals surface area contributed by atoms with E-state index in [1.807, 2.05) is 0 Å². The van der Waals surface area contributed by atoms with Crippen LogP contribution in [0.1, 0.15) is 24.8 Å². The number of ether oxygens (including phenoxy) is 1. The van der Waals surface area contributed by atoms with Crippen molar-refractivity contribution in [2.24, 2.45) is 5.92 Å². The summed E-state index contributed by atoms with van der Waals surface area (Å²) in [6.07, 6.45) is -1.11. The molecule has 0 atom stereocenters. The van der Waals surface area contributed by atoms with Crippen molar-refractivity contribution >= 4 is 5.69 Å². The summed E-state index contributed by atoms with van der Waals surface area (Å²) >= 11 is 0. The first-order valence-electron chi connectivity index (χ1n) is 6.55. The molecule has 1 saturated carbocycles. The molecule has 1 aromatic rings. The molecule has 5 heteroatoms. The first-order valence-corrected chi connectivity index (χ1v) is 6.55. The van der Waals surface area contributed by atoms with Gasteiger partial charge in [-0.3, -0.25) is 0 Å². The molecular formula is C14H18F3NO. The average molecular weight is 273 g/mol. The Morgan fingerprint density at radius 1 is 1.21 bits per heavy atom. The fourth-order valence-corrected chi connectivity index (χ4v) is 1.82. The van der Waals surface area contributed by atoms with Gasteiger partial charge in [0, 0.05) is 25.4 Å². The monoisotopic (exact) mass is 273 g/mol. The van der Waals surface area contributed by atoms with Crippen molar-refractivity contribution in [2.75, 3.05) is 25.1 Å². The van der Waals surface area contributed by atoms with Crippen molar-refractivity contribution in [3.8, 4) is 0 Å². The van der Waals surface area contributed by atoms with Crippen LogP contribution in [-0.2, 0) is 10.9 Å². The molecule has 0 amide bonds. The van der Waals surface area contributed by atoms with E-state index < -0.39 is 11.7 Å². The summed E-state index contributed by atoms with van der Waals surface area (Å²) in [5, 5.41) is 2.82. The standard InChI is InChI=1S/C14H18F3NO/c15-14(16,17)12-4-1-2-5-13(12)18-8-3-9-19-10-11-6-7-11/h1-2,4-5,11,18H,3,6-10H2. The first kappa shape index (κ1) is 14.2. The zero-order valence-electron chi connectivity index (χ0n) is 10.7. The van der Waals surface area contributed by atoms with Crippen LogP contribution < -0.4 is 5.32 Å². The minimum Gasteiger partial charge on any atom is -0.384 e. The molecule has 1 aliphatic carbocycles. The Labute approximate surface area is 111 Å². The van der Waals surface area contributed by atoms with Crippen molar-refractivity contribution in [3.05, 3.63) is 29.8 Å². The maximum absolute atomic E-state index is 12.7. The Kier molecular flexibility index (Phi) is 4.69. The second-order valence-corrected chi connectivity index (χ2v) is 4.84. The summed E-state index contributed by atoms with van der Waals surface area (Å²) in [6, 6.07) is 5.54. The molecule has 0 bridgehead atoms. The molecule has 1 fully saturated rings. The Hall–Kier alpha value is -1.23. The van der Waals surface area contributed by atoms with E-state index in [4.69, 9.17) is 4.74 Å². The van der Waals surface area contributed by atoms with Crippen LogP contribution in [0.3, 0.4) is 0 Å². The lowest BCUT2D eigenvalue weighted by molar-refractivity contribution is -0.136. The van der Waals surface area contributed by atoms with E-state index in [0.717, 1.165) is 18.6 Å². The van der Waals surface area contributed by atoms with Gasteiger partial charge in [0.2, 0.25) is 0 Å². The van der Waals surface area contributed by atoms with Crippen molar-refractivity contribution in [2.45, 2.75) is 25.4 Å². The minimum absolute atomic E-state index is 0.136. The maximum atomic E-state index is 12.7. The summed E-state index contributed by atoms with van der Waals surface area (Å²) in [5.41, 5.74) is -0.480. The Morgan fingerprint density at radius 2 is 1.95 bits per heavy atom. The van der Waals surface area contributed by atoms with E-state index in [1.165, 1.54) is 25.0 Å². The van der Waals surface area contributed by atoms with Crippen molar-refractivity contribution < 1.29 is 17.9 Å². The molecule has 0 saturated heterocycles. The van der Waals surface area contributed by atoms with Gasteiger partial charge in [-0.25, -0.2) is 0 Å². The fourth-order valence-electron chi connectivity index (χ4n) is 1.82. The third-order valence-electron chi connectivity index (χ3n) is 3.06. The molecule has 2 rings (SSSR count). The predicted molar refractivity (Wildman–Crippen MR) is 68.1 cm³/mol. The summed E-state index contributed by atoms with van der Waals surface area (Å²) in [7, 11) is 0. The van der Waals surface area contributed by atoms with E-state index in [1.54, 1.807) is 6.07 Å². The number of halogens is 3. The Balaban J connectivity index is 1.72. The summed E-state index contributed by atoms with van der Waals surface area (Å²) < 4.78 is 43.6. The zero-order valence-corrected chi connectivity index (χ0v) is 10.7. The lowest BCUT2D eigenvalue weighted by Gasteiger charge is -2.14. The van der Waals surface area contributed by atoms with Crippen LogP contribution in [0.25, 0.3) is 0 Å². The molecule has 0 radical (unpaired) electrons. The van der Waals surface area contributed by atoms with Crippen LogP contribution in [0.4, 0.5) is 18.9 Å². The van der Waals surface area contributed by atoms with Gasteiger partial charge in [-0.05, 0) is 37.3 Å². The van der Waals surface area contributed by atoms with Gasteiger partial charge in [0.25, 0.3) is 0 Å². The maximum Gasteiger partial charge on any atom is 0.418 e. The lowest BCUT2D eigenvalue weighted by Crippen LogP contribution is -2.12. The first-order chi connectivity index (χ1) is 9.07. The fraction of sp³-hybridized carbons (Fsp3) is 0.571. The lowest BCUT2D eigenvalue weighted by atomic mass is 10.1. The van der Waals surface area contributed by atoms with Gasteiger partial charge in [0.05, 0.1) is 5.56 Å². The summed E-state index contributed by atoms with van der Waals surface area (Å²) in [5.74, 6) is 0.721. The van der Waals surface area contributed by atoms with Crippen LogP contribution in [-0.4, -0.2) is 19.8 Å². The number of benzene rings is 1. The number of alkyl halides is 3. The van der Waals surface area contributed by atoms with Crippen LogP contribution >= 0.6 is 0 Å². The Morgan fingerprint density at radius 3 is 2.63 bits per heavy atom. The molecule has 1 N–H and O–H groups in total. The van der Waals surface area contributed by atoms with E-state index in [9.17, 15) is 13.2 Å². The van der Waals surface area contributed by atoms with E-state index in [-0.39, 0.29) is 5.69 Å². The minimum atomic E-state index is -4.31. The molecule has 0 spiro atoms. The largest absolute Gasteiger partial charge is 0.418 e. The quantitative estimate of drug-likeness (QED) is 0.760. The SMILES string of the molecule is FC(F)(F)c1ccccc1NCCCOCC1CC1. The van der Waals surface area contributed by atoms with E-state index in [0.29, 0.717) is 19.6 Å². The highest BCUT2D eigenvalue weighted by molar-refractivity contribution is 5.52. The molecule has 1 aliphatic rings. The predicted octanol–water partition coefficient (Wildman–Crippen LogP) is 3.93. The molecule has 106 valence electrons. The highest BCUT2D eigenvalue weighted by Crippen LogP contribution is 2.34. The van der Waals surface area contributed by atoms with Crippen molar-refractivity contribution in [3.63, 3.8) is 0 Å². The van der Waals surface area contributed by atoms with Crippen LogP contribution in [0, 0.1) is 5.92 Å².